The highest BCUT2D eigenvalue weighted by Gasteiger charge is 2.17. The second kappa shape index (κ2) is 7.48. The first-order chi connectivity index (χ1) is 11.2. The highest BCUT2D eigenvalue weighted by Crippen LogP contribution is 2.17. The van der Waals surface area contributed by atoms with Gasteiger partial charge in [0, 0.05) is 18.2 Å². The summed E-state index contributed by atoms with van der Waals surface area (Å²) in [5, 5.41) is 11.6. The molecule has 1 aromatic carbocycles. The Labute approximate surface area is 134 Å². The van der Waals surface area contributed by atoms with Crippen molar-refractivity contribution in [1.82, 2.24) is 10.2 Å². The van der Waals surface area contributed by atoms with E-state index in [1.165, 1.54) is 12.1 Å². The first kappa shape index (κ1) is 15.8. The molecule has 2 unspecified atom stereocenters. The third kappa shape index (κ3) is 4.46. The van der Waals surface area contributed by atoms with E-state index < -0.39 is 0 Å². The Balaban J connectivity index is 1.53. The first-order valence-electron chi connectivity index (χ1n) is 7.76. The van der Waals surface area contributed by atoms with E-state index in [0.29, 0.717) is 24.7 Å². The molecule has 122 valence electrons. The van der Waals surface area contributed by atoms with Crippen LogP contribution in [-0.4, -0.2) is 42.2 Å². The maximum atomic E-state index is 12.9. The number of anilines is 1. The van der Waals surface area contributed by atoms with Crippen molar-refractivity contribution < 1.29 is 13.9 Å². The topological polar surface area (TPSA) is 56.3 Å². The minimum absolute atomic E-state index is 0.126. The maximum absolute atomic E-state index is 12.9. The predicted molar refractivity (Wildman–Crippen MR) is 85.7 cm³/mol. The number of benzene rings is 1. The van der Waals surface area contributed by atoms with Crippen molar-refractivity contribution in [3.05, 3.63) is 42.2 Å². The van der Waals surface area contributed by atoms with Crippen molar-refractivity contribution in [2.75, 3.05) is 25.1 Å². The molecular formula is C17H20FN3O2. The van der Waals surface area contributed by atoms with Crippen molar-refractivity contribution in [1.29, 1.82) is 0 Å². The van der Waals surface area contributed by atoms with Crippen LogP contribution in [0.25, 0.3) is 11.3 Å². The molecule has 3 rings (SSSR count). The van der Waals surface area contributed by atoms with Crippen LogP contribution in [0.15, 0.2) is 36.4 Å². The fraction of sp³-hybridized carbons (Fsp3) is 0.412. The fourth-order valence-electron chi connectivity index (χ4n) is 2.40. The lowest BCUT2D eigenvalue weighted by Gasteiger charge is -2.17. The first-order valence-corrected chi connectivity index (χ1v) is 7.76. The molecular weight excluding hydrogens is 297 g/mol. The maximum Gasteiger partial charge on any atom is 0.148 e. The summed E-state index contributed by atoms with van der Waals surface area (Å²) in [6, 6.07) is 10.0. The molecule has 5 nitrogen and oxygen atoms in total. The zero-order chi connectivity index (χ0) is 16.1. The molecule has 1 N–H and O–H groups in total. The summed E-state index contributed by atoms with van der Waals surface area (Å²) in [5.74, 6) is 0.427. The van der Waals surface area contributed by atoms with Gasteiger partial charge in [0.1, 0.15) is 11.6 Å². The molecule has 1 aromatic heterocycles. The van der Waals surface area contributed by atoms with Crippen molar-refractivity contribution >= 4 is 5.82 Å². The van der Waals surface area contributed by atoms with Crippen molar-refractivity contribution in [2.45, 2.75) is 25.5 Å². The zero-order valence-corrected chi connectivity index (χ0v) is 13.0. The lowest BCUT2D eigenvalue weighted by molar-refractivity contribution is 0.0395. The average Bonchev–Trinajstić information content (AvgIpc) is 3.08. The van der Waals surface area contributed by atoms with Crippen LogP contribution in [0.5, 0.6) is 0 Å². The highest BCUT2D eigenvalue weighted by atomic mass is 19.1. The van der Waals surface area contributed by atoms with Gasteiger partial charge < -0.3 is 14.8 Å². The van der Waals surface area contributed by atoms with Crippen LogP contribution in [0.4, 0.5) is 10.2 Å². The Morgan fingerprint density at radius 3 is 2.74 bits per heavy atom. The van der Waals surface area contributed by atoms with Gasteiger partial charge in [-0.05, 0) is 49.7 Å². The molecule has 1 saturated heterocycles. The molecule has 0 bridgehead atoms. The largest absolute Gasteiger partial charge is 0.379 e. The molecule has 0 spiro atoms. The van der Waals surface area contributed by atoms with Gasteiger partial charge in [-0.3, -0.25) is 0 Å². The monoisotopic (exact) mass is 317 g/mol. The number of halogens is 1. The molecule has 23 heavy (non-hydrogen) atoms. The molecule has 0 radical (unpaired) electrons. The van der Waals surface area contributed by atoms with Crippen LogP contribution < -0.4 is 5.32 Å². The number of ether oxygens (including phenoxy) is 2. The standard InChI is InChI=1S/C17H20FN3O2/c1-12(10-23-15-8-9-22-11-15)19-17-7-6-16(20-21-17)13-2-4-14(18)5-3-13/h2-7,12,15H,8-11H2,1H3,(H,19,21). The minimum Gasteiger partial charge on any atom is -0.379 e. The normalized spacial score (nSPS) is 18.8. The molecule has 0 aliphatic carbocycles. The fourth-order valence-corrected chi connectivity index (χ4v) is 2.40. The molecule has 1 aliphatic heterocycles. The highest BCUT2D eigenvalue weighted by molar-refractivity contribution is 5.59. The summed E-state index contributed by atoms with van der Waals surface area (Å²) in [5.41, 5.74) is 1.55. The Bertz CT molecular complexity index is 613. The summed E-state index contributed by atoms with van der Waals surface area (Å²) in [7, 11) is 0. The predicted octanol–water partition coefficient (Wildman–Crippen LogP) is 2.89. The Morgan fingerprint density at radius 2 is 2.09 bits per heavy atom. The van der Waals surface area contributed by atoms with E-state index in [1.807, 2.05) is 19.1 Å². The summed E-state index contributed by atoms with van der Waals surface area (Å²) in [6.07, 6.45) is 1.16. The van der Waals surface area contributed by atoms with Gasteiger partial charge in [-0.15, -0.1) is 10.2 Å². The summed E-state index contributed by atoms with van der Waals surface area (Å²) < 4.78 is 24.0. The zero-order valence-electron chi connectivity index (χ0n) is 13.0. The Hall–Kier alpha value is -2.05. The summed E-state index contributed by atoms with van der Waals surface area (Å²) in [4.78, 5) is 0. The van der Waals surface area contributed by atoms with Gasteiger partial charge in [0.25, 0.3) is 0 Å². The lowest BCUT2D eigenvalue weighted by atomic mass is 10.1. The number of hydrogen-bond acceptors (Lipinski definition) is 5. The molecule has 6 heteroatoms. The van der Waals surface area contributed by atoms with Crippen molar-refractivity contribution in [3.63, 3.8) is 0 Å². The summed E-state index contributed by atoms with van der Waals surface area (Å²) >= 11 is 0. The molecule has 0 amide bonds. The third-order valence-corrected chi connectivity index (χ3v) is 3.67. The third-order valence-electron chi connectivity index (χ3n) is 3.67. The smallest absolute Gasteiger partial charge is 0.148 e. The number of hydrogen-bond donors (Lipinski definition) is 1. The number of nitrogens with one attached hydrogen (secondary N) is 1. The second-order valence-electron chi connectivity index (χ2n) is 5.68. The van der Waals surface area contributed by atoms with Crippen molar-refractivity contribution in [3.8, 4) is 11.3 Å². The van der Waals surface area contributed by atoms with E-state index in [9.17, 15) is 4.39 Å². The van der Waals surface area contributed by atoms with Crippen LogP contribution in [-0.2, 0) is 9.47 Å². The van der Waals surface area contributed by atoms with E-state index in [1.54, 1.807) is 12.1 Å². The molecule has 2 aromatic rings. The van der Waals surface area contributed by atoms with Crippen LogP contribution in [0.3, 0.4) is 0 Å². The number of aromatic nitrogens is 2. The molecule has 1 aliphatic rings. The van der Waals surface area contributed by atoms with E-state index in [0.717, 1.165) is 18.6 Å². The summed E-state index contributed by atoms with van der Waals surface area (Å²) in [6.45, 7) is 4.09. The average molecular weight is 317 g/mol. The lowest BCUT2D eigenvalue weighted by Crippen LogP contribution is -2.26. The molecule has 1 fully saturated rings. The molecule has 2 atom stereocenters. The Kier molecular flexibility index (Phi) is 5.15. The van der Waals surface area contributed by atoms with Gasteiger partial charge in [-0.25, -0.2) is 4.39 Å². The van der Waals surface area contributed by atoms with Crippen LogP contribution in [0, 0.1) is 5.82 Å². The van der Waals surface area contributed by atoms with Gasteiger partial charge in [0.2, 0.25) is 0 Å². The van der Waals surface area contributed by atoms with Gasteiger partial charge in [-0.1, -0.05) is 0 Å². The number of rotatable bonds is 6. The van der Waals surface area contributed by atoms with Crippen LogP contribution in [0.2, 0.25) is 0 Å². The number of nitrogens with zero attached hydrogens (tertiary/aromatic N) is 2. The quantitative estimate of drug-likeness (QED) is 0.888. The van der Waals surface area contributed by atoms with E-state index in [-0.39, 0.29) is 18.0 Å². The van der Waals surface area contributed by atoms with Gasteiger partial charge in [0.15, 0.2) is 0 Å². The van der Waals surface area contributed by atoms with Crippen LogP contribution in [0.1, 0.15) is 13.3 Å². The van der Waals surface area contributed by atoms with E-state index in [2.05, 4.69) is 15.5 Å². The Morgan fingerprint density at radius 1 is 1.26 bits per heavy atom. The van der Waals surface area contributed by atoms with Gasteiger partial charge in [0.05, 0.1) is 25.0 Å². The second-order valence-corrected chi connectivity index (χ2v) is 5.68. The van der Waals surface area contributed by atoms with Crippen LogP contribution >= 0.6 is 0 Å². The van der Waals surface area contributed by atoms with Gasteiger partial charge in [-0.2, -0.15) is 0 Å². The van der Waals surface area contributed by atoms with E-state index in [4.69, 9.17) is 9.47 Å². The minimum atomic E-state index is -0.263. The van der Waals surface area contributed by atoms with Crippen molar-refractivity contribution in [2.24, 2.45) is 0 Å². The van der Waals surface area contributed by atoms with E-state index >= 15 is 0 Å². The SMILES string of the molecule is CC(COC1CCOC1)Nc1ccc(-c2ccc(F)cc2)nn1. The molecule has 2 heterocycles. The van der Waals surface area contributed by atoms with Gasteiger partial charge >= 0.3 is 0 Å². The molecule has 0 saturated carbocycles.